The van der Waals surface area contributed by atoms with E-state index in [0.29, 0.717) is 19.4 Å². The molecule has 104 valence electrons. The molecule has 1 saturated heterocycles. The Hall–Kier alpha value is -1.11. The molecule has 2 unspecified atom stereocenters. The van der Waals surface area contributed by atoms with E-state index in [1.807, 2.05) is 0 Å². The van der Waals surface area contributed by atoms with Crippen molar-refractivity contribution in [2.24, 2.45) is 0 Å². The first-order chi connectivity index (χ1) is 8.25. The highest BCUT2D eigenvalue weighted by molar-refractivity contribution is 7.92. The second-order valence-corrected chi connectivity index (χ2v) is 7.07. The second kappa shape index (κ2) is 5.69. The second-order valence-electron chi connectivity index (χ2n) is 4.71. The molecule has 1 aliphatic heterocycles. The fraction of sp³-hybridized carbons (Fsp3) is 0.818. The standard InChI is InChI=1S/C11H19NO5S/c1-8(18(2,16)17)10(13)12-7-5-3-4-6-9(12)11(14)15/h8-9H,3-7H2,1-2H3,(H,14,15). The van der Waals surface area contributed by atoms with Gasteiger partial charge in [-0.1, -0.05) is 12.8 Å². The molecule has 2 atom stereocenters. The van der Waals surface area contributed by atoms with Crippen molar-refractivity contribution >= 4 is 21.7 Å². The molecule has 1 heterocycles. The number of amides is 1. The van der Waals surface area contributed by atoms with E-state index in [1.165, 1.54) is 11.8 Å². The van der Waals surface area contributed by atoms with Crippen LogP contribution in [0.5, 0.6) is 0 Å². The quantitative estimate of drug-likeness (QED) is 0.799. The molecule has 6 nitrogen and oxygen atoms in total. The summed E-state index contributed by atoms with van der Waals surface area (Å²) < 4.78 is 22.8. The van der Waals surface area contributed by atoms with Crippen LogP contribution in [0.1, 0.15) is 32.6 Å². The number of rotatable bonds is 3. The Bertz CT molecular complexity index is 431. The van der Waals surface area contributed by atoms with Crippen molar-refractivity contribution in [3.63, 3.8) is 0 Å². The highest BCUT2D eigenvalue weighted by Gasteiger charge is 2.36. The number of hydrogen-bond acceptors (Lipinski definition) is 4. The van der Waals surface area contributed by atoms with Crippen molar-refractivity contribution in [3.05, 3.63) is 0 Å². The summed E-state index contributed by atoms with van der Waals surface area (Å²) in [5.41, 5.74) is 0. The Kier molecular flexibility index (Phi) is 4.72. The number of carbonyl (C=O) groups is 2. The highest BCUT2D eigenvalue weighted by Crippen LogP contribution is 2.19. The van der Waals surface area contributed by atoms with Crippen LogP contribution in [0.4, 0.5) is 0 Å². The highest BCUT2D eigenvalue weighted by atomic mass is 32.2. The summed E-state index contributed by atoms with van der Waals surface area (Å²) in [6, 6.07) is -0.899. The van der Waals surface area contributed by atoms with Gasteiger partial charge in [0, 0.05) is 12.8 Å². The van der Waals surface area contributed by atoms with Crippen molar-refractivity contribution in [1.29, 1.82) is 0 Å². The van der Waals surface area contributed by atoms with Crippen molar-refractivity contribution in [1.82, 2.24) is 4.90 Å². The Morgan fingerprint density at radius 1 is 1.28 bits per heavy atom. The Morgan fingerprint density at radius 3 is 2.39 bits per heavy atom. The van der Waals surface area contributed by atoms with E-state index in [0.717, 1.165) is 19.1 Å². The predicted molar refractivity (Wildman–Crippen MR) is 65.9 cm³/mol. The third-order valence-corrected chi connectivity index (χ3v) is 4.80. The van der Waals surface area contributed by atoms with Crippen LogP contribution < -0.4 is 0 Å². The van der Waals surface area contributed by atoms with Gasteiger partial charge in [0.2, 0.25) is 5.91 Å². The molecule has 0 spiro atoms. The van der Waals surface area contributed by atoms with Crippen molar-refractivity contribution in [2.75, 3.05) is 12.8 Å². The van der Waals surface area contributed by atoms with E-state index in [1.54, 1.807) is 0 Å². The normalized spacial score (nSPS) is 23.2. The van der Waals surface area contributed by atoms with Crippen LogP contribution >= 0.6 is 0 Å². The molecule has 0 aromatic carbocycles. The molecule has 1 rings (SSSR count). The lowest BCUT2D eigenvalue weighted by Crippen LogP contribution is -2.49. The van der Waals surface area contributed by atoms with Crippen LogP contribution in [0, 0.1) is 0 Å². The summed E-state index contributed by atoms with van der Waals surface area (Å²) in [7, 11) is -3.50. The van der Waals surface area contributed by atoms with Gasteiger partial charge in [-0.25, -0.2) is 13.2 Å². The smallest absolute Gasteiger partial charge is 0.326 e. The summed E-state index contributed by atoms with van der Waals surface area (Å²) in [6.07, 6.45) is 3.70. The first kappa shape index (κ1) is 14.9. The van der Waals surface area contributed by atoms with E-state index in [9.17, 15) is 18.0 Å². The molecule has 1 aliphatic rings. The van der Waals surface area contributed by atoms with Crippen LogP contribution in [0.25, 0.3) is 0 Å². The van der Waals surface area contributed by atoms with Gasteiger partial charge in [-0.05, 0) is 19.8 Å². The molecular formula is C11H19NO5S. The SMILES string of the molecule is CC(C(=O)N1CCCCCC1C(=O)O)S(C)(=O)=O. The summed E-state index contributed by atoms with van der Waals surface area (Å²) in [5.74, 6) is -1.67. The van der Waals surface area contributed by atoms with Gasteiger partial charge in [-0.2, -0.15) is 0 Å². The van der Waals surface area contributed by atoms with E-state index >= 15 is 0 Å². The third kappa shape index (κ3) is 3.44. The topological polar surface area (TPSA) is 91.8 Å². The maximum atomic E-state index is 12.1. The first-order valence-electron chi connectivity index (χ1n) is 5.97. The zero-order valence-corrected chi connectivity index (χ0v) is 11.4. The molecule has 0 saturated carbocycles. The molecule has 1 fully saturated rings. The van der Waals surface area contributed by atoms with Crippen LogP contribution in [-0.2, 0) is 19.4 Å². The first-order valence-corrected chi connectivity index (χ1v) is 7.92. The molecule has 1 N–H and O–H groups in total. The molecule has 18 heavy (non-hydrogen) atoms. The number of nitrogens with zero attached hydrogens (tertiary/aromatic N) is 1. The average Bonchev–Trinajstić information content (AvgIpc) is 2.50. The van der Waals surface area contributed by atoms with Gasteiger partial charge in [-0.3, -0.25) is 4.79 Å². The number of carboxylic acid groups (broad SMARTS) is 1. The Balaban J connectivity index is 2.95. The molecule has 0 aromatic rings. The monoisotopic (exact) mass is 277 g/mol. The molecular weight excluding hydrogens is 258 g/mol. The molecule has 7 heteroatoms. The van der Waals surface area contributed by atoms with Gasteiger partial charge in [-0.15, -0.1) is 0 Å². The predicted octanol–water partition coefficient (Wildman–Crippen LogP) is 0.275. The minimum atomic E-state index is -3.50. The molecule has 0 aromatic heterocycles. The summed E-state index contributed by atoms with van der Waals surface area (Å²) >= 11 is 0. The van der Waals surface area contributed by atoms with E-state index in [2.05, 4.69) is 0 Å². The number of aliphatic carboxylic acids is 1. The van der Waals surface area contributed by atoms with Crippen LogP contribution in [0.2, 0.25) is 0 Å². The van der Waals surface area contributed by atoms with Crippen LogP contribution in [-0.4, -0.2) is 54.4 Å². The van der Waals surface area contributed by atoms with Crippen molar-refractivity contribution < 1.29 is 23.1 Å². The lowest BCUT2D eigenvalue weighted by Gasteiger charge is -2.28. The number of likely N-dealkylation sites (tertiary alicyclic amines) is 1. The number of sulfone groups is 1. The fourth-order valence-electron chi connectivity index (χ4n) is 2.05. The Labute approximate surface area is 107 Å². The number of carbonyl (C=O) groups excluding carboxylic acids is 1. The van der Waals surface area contributed by atoms with Crippen molar-refractivity contribution in [2.45, 2.75) is 43.9 Å². The van der Waals surface area contributed by atoms with Gasteiger partial charge >= 0.3 is 5.97 Å². The maximum absolute atomic E-state index is 12.1. The summed E-state index contributed by atoms with van der Waals surface area (Å²) in [4.78, 5) is 24.5. The summed E-state index contributed by atoms with van der Waals surface area (Å²) in [6.45, 7) is 1.62. The lowest BCUT2D eigenvalue weighted by atomic mass is 10.1. The largest absolute Gasteiger partial charge is 0.480 e. The van der Waals surface area contributed by atoms with Gasteiger partial charge < -0.3 is 10.0 Å². The maximum Gasteiger partial charge on any atom is 0.326 e. The van der Waals surface area contributed by atoms with Crippen molar-refractivity contribution in [3.8, 4) is 0 Å². The molecule has 0 radical (unpaired) electrons. The molecule has 0 aliphatic carbocycles. The van der Waals surface area contributed by atoms with Crippen LogP contribution in [0.15, 0.2) is 0 Å². The van der Waals surface area contributed by atoms with E-state index in [4.69, 9.17) is 5.11 Å². The molecule has 1 amide bonds. The zero-order chi connectivity index (χ0) is 13.9. The van der Waals surface area contributed by atoms with E-state index < -0.39 is 33.0 Å². The number of hydrogen-bond donors (Lipinski definition) is 1. The minimum Gasteiger partial charge on any atom is -0.480 e. The van der Waals surface area contributed by atoms with Gasteiger partial charge in [0.05, 0.1) is 0 Å². The van der Waals surface area contributed by atoms with E-state index in [-0.39, 0.29) is 0 Å². The fourth-order valence-corrected chi connectivity index (χ4v) is 2.55. The molecule has 0 bridgehead atoms. The lowest BCUT2D eigenvalue weighted by molar-refractivity contribution is -0.150. The Morgan fingerprint density at radius 2 is 1.89 bits per heavy atom. The van der Waals surface area contributed by atoms with Gasteiger partial charge in [0.25, 0.3) is 0 Å². The van der Waals surface area contributed by atoms with Gasteiger partial charge in [0.15, 0.2) is 9.84 Å². The minimum absolute atomic E-state index is 0.315. The zero-order valence-electron chi connectivity index (χ0n) is 10.6. The van der Waals surface area contributed by atoms with Gasteiger partial charge in [0.1, 0.15) is 11.3 Å². The number of carboxylic acids is 1. The third-order valence-electron chi connectivity index (χ3n) is 3.31. The summed E-state index contributed by atoms with van der Waals surface area (Å²) in [5, 5.41) is 7.94. The average molecular weight is 277 g/mol. The van der Waals surface area contributed by atoms with Crippen LogP contribution in [0.3, 0.4) is 0 Å².